The molecule has 1 N–H and O–H groups in total. The van der Waals surface area contributed by atoms with Crippen LogP contribution in [0.2, 0.25) is 0 Å². The van der Waals surface area contributed by atoms with Crippen molar-refractivity contribution in [3.8, 4) is 0 Å². The van der Waals surface area contributed by atoms with Crippen molar-refractivity contribution >= 4 is 17.7 Å². The van der Waals surface area contributed by atoms with E-state index in [1.165, 1.54) is 19.2 Å². The van der Waals surface area contributed by atoms with Crippen LogP contribution in [0.15, 0.2) is 29.2 Å². The van der Waals surface area contributed by atoms with E-state index in [9.17, 15) is 9.18 Å². The van der Waals surface area contributed by atoms with Crippen molar-refractivity contribution in [3.63, 3.8) is 0 Å². The van der Waals surface area contributed by atoms with Crippen LogP contribution in [0.3, 0.4) is 0 Å². The van der Waals surface area contributed by atoms with Gasteiger partial charge >= 0.3 is 5.97 Å². The molecule has 0 spiro atoms. The molecule has 1 aliphatic rings. The molecule has 0 aromatic heterocycles. The van der Waals surface area contributed by atoms with Gasteiger partial charge in [-0.3, -0.25) is 10.1 Å². The SMILES string of the molecule is COC(=O)C(C)(CCCSc1ccc(F)cc1)NC1CC1. The van der Waals surface area contributed by atoms with E-state index in [-0.39, 0.29) is 11.8 Å². The number of methoxy groups -OCH3 is 1. The number of halogens is 1. The molecule has 1 aromatic rings. The van der Waals surface area contributed by atoms with Crippen molar-refractivity contribution in [3.05, 3.63) is 30.1 Å². The standard InChI is InChI=1S/C16H22FNO2S/c1-16(15(19)20-2,18-13-6-7-13)10-3-11-21-14-8-4-12(17)5-9-14/h4-5,8-9,13,18H,3,6-7,10-11H2,1-2H3. The number of hydrogen-bond donors (Lipinski definition) is 1. The Bertz CT molecular complexity index is 476. The molecule has 0 radical (unpaired) electrons. The fourth-order valence-electron chi connectivity index (χ4n) is 2.28. The highest BCUT2D eigenvalue weighted by molar-refractivity contribution is 7.99. The lowest BCUT2D eigenvalue weighted by atomic mass is 9.96. The van der Waals surface area contributed by atoms with Crippen LogP contribution in [-0.2, 0) is 9.53 Å². The van der Waals surface area contributed by atoms with E-state index in [0.717, 1.165) is 36.3 Å². The molecule has 0 bridgehead atoms. The Balaban J connectivity index is 1.78. The molecule has 0 aliphatic heterocycles. The highest BCUT2D eigenvalue weighted by Crippen LogP contribution is 2.27. The Labute approximate surface area is 129 Å². The monoisotopic (exact) mass is 311 g/mol. The van der Waals surface area contributed by atoms with E-state index in [1.807, 2.05) is 6.92 Å². The Hall–Kier alpha value is -1.07. The second kappa shape index (κ2) is 7.27. The molecule has 3 nitrogen and oxygen atoms in total. The minimum Gasteiger partial charge on any atom is -0.468 e. The maximum absolute atomic E-state index is 12.8. The second-order valence-corrected chi connectivity index (χ2v) is 6.82. The summed E-state index contributed by atoms with van der Waals surface area (Å²) in [6.45, 7) is 1.92. The predicted molar refractivity (Wildman–Crippen MR) is 82.9 cm³/mol. The number of rotatable bonds is 8. The first-order chi connectivity index (χ1) is 10.0. The van der Waals surface area contributed by atoms with E-state index < -0.39 is 5.54 Å². The summed E-state index contributed by atoms with van der Waals surface area (Å²) in [5, 5.41) is 3.39. The molecule has 0 amide bonds. The van der Waals surface area contributed by atoms with Crippen molar-refractivity contribution < 1.29 is 13.9 Å². The Morgan fingerprint density at radius 2 is 2.10 bits per heavy atom. The van der Waals surface area contributed by atoms with E-state index >= 15 is 0 Å². The van der Waals surface area contributed by atoms with E-state index in [4.69, 9.17) is 4.74 Å². The number of thioether (sulfide) groups is 1. The van der Waals surface area contributed by atoms with Crippen LogP contribution in [0.5, 0.6) is 0 Å². The van der Waals surface area contributed by atoms with Gasteiger partial charge in [-0.25, -0.2) is 4.39 Å². The van der Waals surface area contributed by atoms with E-state index in [0.29, 0.717) is 6.04 Å². The minimum atomic E-state index is -0.598. The van der Waals surface area contributed by atoms with Crippen LogP contribution in [-0.4, -0.2) is 30.4 Å². The van der Waals surface area contributed by atoms with Gasteiger partial charge in [-0.15, -0.1) is 11.8 Å². The zero-order valence-corrected chi connectivity index (χ0v) is 13.3. The van der Waals surface area contributed by atoms with Crippen LogP contribution in [0.1, 0.15) is 32.6 Å². The van der Waals surface area contributed by atoms with Gasteiger partial charge in [-0.2, -0.15) is 0 Å². The number of esters is 1. The van der Waals surface area contributed by atoms with Gasteiger partial charge in [-0.05, 0) is 62.6 Å². The molecule has 0 heterocycles. The molecule has 116 valence electrons. The van der Waals surface area contributed by atoms with Gasteiger partial charge in [-0.1, -0.05) is 0 Å². The number of hydrogen-bond acceptors (Lipinski definition) is 4. The average Bonchev–Trinajstić information content (AvgIpc) is 3.28. The molecule has 1 atom stereocenters. The summed E-state index contributed by atoms with van der Waals surface area (Å²) >= 11 is 1.68. The van der Waals surface area contributed by atoms with Crippen molar-refractivity contribution in [2.24, 2.45) is 0 Å². The molecule has 2 rings (SSSR count). The fraction of sp³-hybridized carbons (Fsp3) is 0.562. The van der Waals surface area contributed by atoms with E-state index in [1.54, 1.807) is 23.9 Å². The number of carbonyl (C=O) groups is 1. The lowest BCUT2D eigenvalue weighted by Gasteiger charge is -2.28. The third-order valence-corrected chi connectivity index (χ3v) is 4.74. The summed E-state index contributed by atoms with van der Waals surface area (Å²) in [5.74, 6) is 0.484. The lowest BCUT2D eigenvalue weighted by molar-refractivity contribution is -0.148. The first kappa shape index (κ1) is 16.3. The molecule has 5 heteroatoms. The summed E-state index contributed by atoms with van der Waals surface area (Å²) in [5.41, 5.74) is -0.598. The van der Waals surface area contributed by atoms with Crippen LogP contribution in [0, 0.1) is 5.82 Å². The third-order valence-electron chi connectivity index (χ3n) is 3.64. The molecular weight excluding hydrogens is 289 g/mol. The highest BCUT2D eigenvalue weighted by atomic mass is 32.2. The van der Waals surface area contributed by atoms with Crippen LogP contribution < -0.4 is 5.32 Å². The Morgan fingerprint density at radius 3 is 2.67 bits per heavy atom. The predicted octanol–water partition coefficient (Wildman–Crippen LogP) is 3.38. The normalized spacial score (nSPS) is 17.3. The van der Waals surface area contributed by atoms with Crippen molar-refractivity contribution in [2.75, 3.05) is 12.9 Å². The molecule has 1 aliphatic carbocycles. The molecule has 1 saturated carbocycles. The molecular formula is C16H22FNO2S. The van der Waals surface area contributed by atoms with Crippen LogP contribution in [0.4, 0.5) is 4.39 Å². The fourth-order valence-corrected chi connectivity index (χ4v) is 3.14. The first-order valence-electron chi connectivity index (χ1n) is 7.28. The largest absolute Gasteiger partial charge is 0.468 e. The maximum atomic E-state index is 12.8. The Kier molecular flexibility index (Phi) is 5.65. The van der Waals surface area contributed by atoms with Gasteiger partial charge < -0.3 is 4.74 Å². The number of carbonyl (C=O) groups excluding carboxylic acids is 1. The van der Waals surface area contributed by atoms with Crippen molar-refractivity contribution in [1.82, 2.24) is 5.32 Å². The zero-order valence-electron chi connectivity index (χ0n) is 12.5. The van der Waals surface area contributed by atoms with Gasteiger partial charge in [0.2, 0.25) is 0 Å². The highest BCUT2D eigenvalue weighted by Gasteiger charge is 2.38. The van der Waals surface area contributed by atoms with Gasteiger partial charge in [0.15, 0.2) is 0 Å². The quantitative estimate of drug-likeness (QED) is 0.454. The molecule has 0 saturated heterocycles. The molecule has 1 unspecified atom stereocenters. The molecule has 21 heavy (non-hydrogen) atoms. The first-order valence-corrected chi connectivity index (χ1v) is 8.26. The van der Waals surface area contributed by atoms with Gasteiger partial charge in [0, 0.05) is 10.9 Å². The third kappa shape index (κ3) is 5.00. The summed E-state index contributed by atoms with van der Waals surface area (Å²) < 4.78 is 17.7. The summed E-state index contributed by atoms with van der Waals surface area (Å²) in [6, 6.07) is 6.95. The topological polar surface area (TPSA) is 38.3 Å². The van der Waals surface area contributed by atoms with Crippen LogP contribution >= 0.6 is 11.8 Å². The Morgan fingerprint density at radius 1 is 1.43 bits per heavy atom. The maximum Gasteiger partial charge on any atom is 0.325 e. The second-order valence-electron chi connectivity index (χ2n) is 5.65. The number of benzene rings is 1. The van der Waals surface area contributed by atoms with Gasteiger partial charge in [0.05, 0.1) is 7.11 Å². The average molecular weight is 311 g/mol. The molecule has 1 fully saturated rings. The zero-order chi connectivity index (χ0) is 15.3. The number of ether oxygens (including phenoxy) is 1. The van der Waals surface area contributed by atoms with Crippen molar-refractivity contribution in [2.45, 2.75) is 49.1 Å². The summed E-state index contributed by atoms with van der Waals surface area (Å²) in [4.78, 5) is 13.0. The number of nitrogens with one attached hydrogen (secondary N) is 1. The summed E-state index contributed by atoms with van der Waals surface area (Å²) in [7, 11) is 1.43. The van der Waals surface area contributed by atoms with Crippen LogP contribution in [0.25, 0.3) is 0 Å². The van der Waals surface area contributed by atoms with E-state index in [2.05, 4.69) is 5.32 Å². The smallest absolute Gasteiger partial charge is 0.325 e. The molecule has 1 aromatic carbocycles. The lowest BCUT2D eigenvalue weighted by Crippen LogP contribution is -2.51. The minimum absolute atomic E-state index is 0.193. The summed E-state index contributed by atoms with van der Waals surface area (Å²) in [6.07, 6.45) is 3.91. The van der Waals surface area contributed by atoms with Crippen molar-refractivity contribution in [1.29, 1.82) is 0 Å². The van der Waals surface area contributed by atoms with Gasteiger partial charge in [0.25, 0.3) is 0 Å². The van der Waals surface area contributed by atoms with Gasteiger partial charge in [0.1, 0.15) is 11.4 Å².